The molecule has 1 aliphatic heterocycles. The predicted molar refractivity (Wildman–Crippen MR) is 40.8 cm³/mol. The van der Waals surface area contributed by atoms with Crippen molar-refractivity contribution in [2.75, 3.05) is 12.3 Å². The highest BCUT2D eigenvalue weighted by atomic mass is 32.2. The first-order chi connectivity index (χ1) is 4.79. The van der Waals surface area contributed by atoms with Gasteiger partial charge in [-0.1, -0.05) is 0 Å². The molecule has 1 saturated heterocycles. The van der Waals surface area contributed by atoms with E-state index in [0.29, 0.717) is 11.8 Å². The number of thiol groups is 1. The second-order valence-corrected chi connectivity index (χ2v) is 3.75. The minimum atomic E-state index is -2.16. The molecule has 0 unspecified atom stereocenters. The van der Waals surface area contributed by atoms with E-state index in [1.807, 2.05) is 0 Å². The van der Waals surface area contributed by atoms with E-state index in [9.17, 15) is 8.42 Å². The molecule has 4 heteroatoms. The van der Waals surface area contributed by atoms with Gasteiger partial charge in [-0.25, -0.2) is 8.42 Å². The largest absolute Gasteiger partial charge is 0.314 e. The maximum atomic E-state index is 10.2. The fraction of sp³-hybridized carbons (Fsp3) is 1.00. The van der Waals surface area contributed by atoms with Crippen molar-refractivity contribution >= 4 is 10.7 Å². The molecule has 0 aromatic rings. The van der Waals surface area contributed by atoms with Crippen LogP contribution in [0.2, 0.25) is 0 Å². The van der Waals surface area contributed by atoms with Gasteiger partial charge in [0, 0.05) is 11.8 Å². The van der Waals surface area contributed by atoms with Crippen LogP contribution in [0.4, 0.5) is 0 Å². The van der Waals surface area contributed by atoms with Crippen LogP contribution in [-0.2, 0) is 10.7 Å². The van der Waals surface area contributed by atoms with Crippen molar-refractivity contribution in [3.05, 3.63) is 0 Å². The third-order valence-electron chi connectivity index (χ3n) is 1.82. The molecular formula is C6H13NO2S. The van der Waals surface area contributed by atoms with Crippen molar-refractivity contribution in [3.8, 4) is 0 Å². The first-order valence-corrected chi connectivity index (χ1v) is 5.00. The minimum absolute atomic E-state index is 0.340. The molecule has 1 atom stereocenters. The monoisotopic (exact) mass is 163 g/mol. The first-order valence-electron chi connectivity index (χ1n) is 3.64. The highest BCUT2D eigenvalue weighted by Crippen LogP contribution is 2.07. The van der Waals surface area contributed by atoms with Gasteiger partial charge in [0.2, 0.25) is 0 Å². The first kappa shape index (κ1) is 8.01. The van der Waals surface area contributed by atoms with Crippen LogP contribution in [0.25, 0.3) is 0 Å². The average molecular weight is 163 g/mol. The third kappa shape index (κ3) is 2.66. The Morgan fingerprint density at radius 1 is 1.50 bits per heavy atom. The number of hydrogen-bond donors (Lipinski definition) is 2. The lowest BCUT2D eigenvalue weighted by atomic mass is 10.2. The molecule has 1 aliphatic rings. The lowest BCUT2D eigenvalue weighted by molar-refractivity contribution is 0.572. The highest BCUT2D eigenvalue weighted by Gasteiger charge is 2.12. The molecular weight excluding hydrogens is 150 g/mol. The van der Waals surface area contributed by atoms with Gasteiger partial charge in [-0.3, -0.25) is 0 Å². The Kier molecular flexibility index (Phi) is 3.15. The Hall–Kier alpha value is -0.0900. The van der Waals surface area contributed by atoms with E-state index in [4.69, 9.17) is 0 Å². The van der Waals surface area contributed by atoms with E-state index >= 15 is 0 Å². The van der Waals surface area contributed by atoms with Gasteiger partial charge in [0.05, 0.1) is 0 Å². The molecule has 10 heavy (non-hydrogen) atoms. The van der Waals surface area contributed by atoms with Crippen LogP contribution in [-0.4, -0.2) is 26.8 Å². The van der Waals surface area contributed by atoms with E-state index in [1.165, 1.54) is 6.42 Å². The summed E-state index contributed by atoms with van der Waals surface area (Å²) in [6.45, 7) is 1.06. The topological polar surface area (TPSA) is 46.2 Å². The van der Waals surface area contributed by atoms with Crippen LogP contribution in [0.5, 0.6) is 0 Å². The van der Waals surface area contributed by atoms with Gasteiger partial charge in [0.25, 0.3) is 0 Å². The summed E-state index contributed by atoms with van der Waals surface area (Å²) in [7, 11) is -2.16. The Morgan fingerprint density at radius 3 is 2.80 bits per heavy atom. The van der Waals surface area contributed by atoms with Crippen LogP contribution >= 0.6 is 0 Å². The summed E-state index contributed by atoms with van der Waals surface area (Å²) in [6, 6.07) is 0.466. The normalized spacial score (nSPS) is 25.9. The molecule has 1 N–H and O–H groups in total. The summed E-state index contributed by atoms with van der Waals surface area (Å²) >= 11 is 0. The van der Waals surface area contributed by atoms with Crippen molar-refractivity contribution < 1.29 is 8.42 Å². The average Bonchev–Trinajstić information content (AvgIpc) is 2.34. The van der Waals surface area contributed by atoms with E-state index in [1.54, 1.807) is 0 Å². The zero-order valence-corrected chi connectivity index (χ0v) is 6.77. The molecule has 1 rings (SSSR count). The van der Waals surface area contributed by atoms with Gasteiger partial charge in [-0.2, -0.15) is 0 Å². The van der Waals surface area contributed by atoms with Crippen LogP contribution in [0, 0.1) is 0 Å². The van der Waals surface area contributed by atoms with E-state index < -0.39 is 10.7 Å². The van der Waals surface area contributed by atoms with Crippen molar-refractivity contribution in [2.45, 2.75) is 25.3 Å². The lowest BCUT2D eigenvalue weighted by Gasteiger charge is -2.05. The standard InChI is InChI=1S/C6H13NO2S/c8-10(9)5-3-6-2-1-4-7-6/h6-7,10H,1-5H2/t6-/m0/s1. The van der Waals surface area contributed by atoms with Gasteiger partial charge in [-0.05, 0) is 25.8 Å². The third-order valence-corrected chi connectivity index (χ3v) is 2.45. The quantitative estimate of drug-likeness (QED) is 0.563. The minimum Gasteiger partial charge on any atom is -0.314 e. The van der Waals surface area contributed by atoms with Gasteiger partial charge in [0.1, 0.15) is 10.7 Å². The molecule has 1 fully saturated rings. The van der Waals surface area contributed by atoms with E-state index in [-0.39, 0.29) is 0 Å². The second kappa shape index (κ2) is 3.93. The molecule has 60 valence electrons. The summed E-state index contributed by atoms with van der Waals surface area (Å²) in [5.74, 6) is 0.340. The summed E-state index contributed by atoms with van der Waals surface area (Å²) < 4.78 is 20.3. The van der Waals surface area contributed by atoms with E-state index in [0.717, 1.165) is 19.4 Å². The maximum Gasteiger partial charge on any atom is 0.140 e. The van der Waals surface area contributed by atoms with Crippen molar-refractivity contribution in [2.24, 2.45) is 0 Å². The molecule has 0 spiro atoms. The second-order valence-electron chi connectivity index (χ2n) is 2.64. The Labute approximate surface area is 62.8 Å². The smallest absolute Gasteiger partial charge is 0.140 e. The predicted octanol–water partition coefficient (Wildman–Crippen LogP) is -0.260. The Morgan fingerprint density at radius 2 is 2.30 bits per heavy atom. The molecule has 1 heterocycles. The fourth-order valence-electron chi connectivity index (χ4n) is 1.26. The molecule has 0 radical (unpaired) electrons. The van der Waals surface area contributed by atoms with Crippen molar-refractivity contribution in [1.29, 1.82) is 0 Å². The molecule has 0 bridgehead atoms. The lowest BCUT2D eigenvalue weighted by Crippen LogP contribution is -2.22. The van der Waals surface area contributed by atoms with Crippen LogP contribution in [0.3, 0.4) is 0 Å². The molecule has 0 aromatic heterocycles. The zero-order chi connectivity index (χ0) is 7.40. The van der Waals surface area contributed by atoms with Gasteiger partial charge in [0.15, 0.2) is 0 Å². The highest BCUT2D eigenvalue weighted by molar-refractivity contribution is 7.72. The Balaban J connectivity index is 2.12. The molecule has 0 amide bonds. The molecule has 0 aromatic carbocycles. The van der Waals surface area contributed by atoms with Crippen LogP contribution in [0.15, 0.2) is 0 Å². The van der Waals surface area contributed by atoms with E-state index in [2.05, 4.69) is 5.32 Å². The van der Waals surface area contributed by atoms with Crippen molar-refractivity contribution in [1.82, 2.24) is 5.32 Å². The molecule has 3 nitrogen and oxygen atoms in total. The fourth-order valence-corrected chi connectivity index (χ4v) is 1.79. The Bertz CT molecular complexity index is 153. The maximum absolute atomic E-state index is 10.2. The van der Waals surface area contributed by atoms with Crippen LogP contribution < -0.4 is 5.32 Å². The summed E-state index contributed by atoms with van der Waals surface area (Å²) in [6.07, 6.45) is 3.13. The summed E-state index contributed by atoms with van der Waals surface area (Å²) in [4.78, 5) is 0. The molecule has 0 saturated carbocycles. The number of nitrogens with one attached hydrogen (secondary N) is 1. The van der Waals surface area contributed by atoms with Gasteiger partial charge < -0.3 is 5.32 Å². The summed E-state index contributed by atoms with van der Waals surface area (Å²) in [5, 5.41) is 3.24. The zero-order valence-electron chi connectivity index (χ0n) is 5.88. The van der Waals surface area contributed by atoms with Crippen molar-refractivity contribution in [3.63, 3.8) is 0 Å². The van der Waals surface area contributed by atoms with Gasteiger partial charge >= 0.3 is 0 Å². The molecule has 0 aliphatic carbocycles. The SMILES string of the molecule is O=[SH](=O)CC[C@@H]1CCCN1. The summed E-state index contributed by atoms with van der Waals surface area (Å²) in [5.41, 5.74) is 0. The van der Waals surface area contributed by atoms with Crippen LogP contribution in [0.1, 0.15) is 19.3 Å². The number of hydrogen-bond acceptors (Lipinski definition) is 3. The number of rotatable bonds is 3. The van der Waals surface area contributed by atoms with Gasteiger partial charge in [-0.15, -0.1) is 0 Å².